The second kappa shape index (κ2) is 19.3. The van der Waals surface area contributed by atoms with Gasteiger partial charge in [-0.05, 0) is 115 Å². The SMILES string of the molecule is CC(C)(C)OC(=O)COc1cc(OCC(=O)OC(C)(C)C)c(S(OS(=O)(=O)c2ccc(C(F)(F)F)cc2C(F)(F)F)(c2ccccc2)c2ccccc2)c(OCC(=O)OC(C)(C)C)c1. The third-order valence-electron chi connectivity index (χ3n) is 7.81. The number of halogens is 6. The van der Waals surface area contributed by atoms with Gasteiger partial charge in [0.15, 0.2) is 19.8 Å². The predicted molar refractivity (Wildman–Crippen MR) is 220 cm³/mol. The molecule has 0 aliphatic heterocycles. The molecule has 0 N–H and O–H groups in total. The van der Waals surface area contributed by atoms with Crippen LogP contribution >= 0.6 is 10.3 Å². The Hall–Kier alpha value is -5.47. The van der Waals surface area contributed by atoms with Crippen molar-refractivity contribution in [2.24, 2.45) is 0 Å². The van der Waals surface area contributed by atoms with Crippen molar-refractivity contribution >= 4 is 38.3 Å². The fraction of sp³-hybridized carbons (Fsp3) is 0.386. The van der Waals surface area contributed by atoms with Crippen molar-refractivity contribution in [2.45, 2.75) is 111 Å². The van der Waals surface area contributed by atoms with Crippen molar-refractivity contribution in [3.63, 3.8) is 0 Å². The highest BCUT2D eigenvalue weighted by Gasteiger charge is 2.47. The Bertz CT molecular complexity index is 2310. The standard InChI is InChI=1S/C44H48F6O12S2/c1-40(2,3)59-36(51)25-56-29-23-33(57-26-37(52)60-41(4,5)6)39(34(24-29)58-27-38(53)61-42(7,8)9)63(30-16-12-10-13-17-30,31-18-14-11-15-19-31)62-64(54,55)35-21-20-28(43(45,46)47)22-32(35)44(48,49)50/h10-24H,25-27H2,1-9H3. The minimum Gasteiger partial charge on any atom is -0.482 e. The van der Waals surface area contributed by atoms with E-state index in [1.165, 1.54) is 60.7 Å². The fourth-order valence-electron chi connectivity index (χ4n) is 5.69. The molecule has 0 spiro atoms. The summed E-state index contributed by atoms with van der Waals surface area (Å²) in [4.78, 5) is 36.9. The molecule has 4 aromatic carbocycles. The van der Waals surface area contributed by atoms with E-state index in [1.807, 2.05) is 0 Å². The maximum absolute atomic E-state index is 14.7. The van der Waals surface area contributed by atoms with E-state index in [-0.39, 0.29) is 33.7 Å². The monoisotopic (exact) mass is 946 g/mol. The maximum Gasteiger partial charge on any atom is 0.417 e. The maximum atomic E-state index is 14.7. The van der Waals surface area contributed by atoms with Gasteiger partial charge in [0.1, 0.15) is 43.8 Å². The van der Waals surface area contributed by atoms with Gasteiger partial charge in [-0.15, -0.1) is 0 Å². The van der Waals surface area contributed by atoms with Gasteiger partial charge in [0.2, 0.25) is 0 Å². The summed E-state index contributed by atoms with van der Waals surface area (Å²) >= 11 is 0. The first-order chi connectivity index (χ1) is 29.3. The van der Waals surface area contributed by atoms with Crippen molar-refractivity contribution in [3.8, 4) is 17.2 Å². The van der Waals surface area contributed by atoms with Crippen molar-refractivity contribution in [3.05, 3.63) is 102 Å². The van der Waals surface area contributed by atoms with Gasteiger partial charge in [0.05, 0.1) is 11.1 Å². The van der Waals surface area contributed by atoms with E-state index in [9.17, 15) is 49.1 Å². The van der Waals surface area contributed by atoms with E-state index in [2.05, 4.69) is 0 Å². The highest BCUT2D eigenvalue weighted by atomic mass is 32.3. The lowest BCUT2D eigenvalue weighted by Crippen LogP contribution is -2.28. The van der Waals surface area contributed by atoms with Gasteiger partial charge in [0.25, 0.3) is 0 Å². The third kappa shape index (κ3) is 14.0. The number of hydrogen-bond donors (Lipinski definition) is 0. The molecule has 350 valence electrons. The minimum absolute atomic E-state index is 0.0723. The fourth-order valence-corrected chi connectivity index (χ4v) is 11.3. The number of carbonyl (C=O) groups is 3. The van der Waals surface area contributed by atoms with E-state index in [0.717, 1.165) is 12.1 Å². The molecule has 0 bridgehead atoms. The lowest BCUT2D eigenvalue weighted by atomic mass is 10.1. The van der Waals surface area contributed by atoms with Crippen LogP contribution in [0.2, 0.25) is 0 Å². The Morgan fingerprint density at radius 3 is 1.27 bits per heavy atom. The number of alkyl halides is 6. The molecule has 0 aliphatic carbocycles. The van der Waals surface area contributed by atoms with Crippen molar-refractivity contribution in [1.82, 2.24) is 0 Å². The summed E-state index contributed by atoms with van der Waals surface area (Å²) in [6.45, 7) is 11.7. The van der Waals surface area contributed by atoms with Crippen LogP contribution in [0.4, 0.5) is 26.3 Å². The molecular weight excluding hydrogens is 899 g/mol. The summed E-state index contributed by atoms with van der Waals surface area (Å²) in [5.41, 5.74) is -7.00. The van der Waals surface area contributed by atoms with E-state index in [4.69, 9.17) is 32.1 Å². The minimum atomic E-state index is -5.87. The molecule has 20 heteroatoms. The molecule has 0 saturated carbocycles. The molecule has 0 atom stereocenters. The molecule has 4 rings (SSSR count). The van der Waals surface area contributed by atoms with Gasteiger partial charge in [-0.25, -0.2) is 18.0 Å². The van der Waals surface area contributed by atoms with Gasteiger partial charge in [0, 0.05) is 21.9 Å². The molecule has 0 aliphatic rings. The number of carbonyl (C=O) groups excluding carboxylic acids is 3. The highest BCUT2D eigenvalue weighted by Crippen LogP contribution is 2.74. The summed E-state index contributed by atoms with van der Waals surface area (Å²) in [7, 11) is -10.1. The van der Waals surface area contributed by atoms with Crippen molar-refractivity contribution in [1.29, 1.82) is 0 Å². The van der Waals surface area contributed by atoms with Crippen LogP contribution in [0, 0.1) is 0 Å². The quantitative estimate of drug-likeness (QED) is 0.0634. The molecule has 0 radical (unpaired) electrons. The van der Waals surface area contributed by atoms with Crippen LogP contribution in [-0.4, -0.2) is 62.9 Å². The smallest absolute Gasteiger partial charge is 0.417 e. The normalized spacial score (nSPS) is 13.1. The number of esters is 3. The number of rotatable bonds is 15. The lowest BCUT2D eigenvalue weighted by Gasteiger charge is -2.41. The summed E-state index contributed by atoms with van der Waals surface area (Å²) in [5.74, 6) is -4.00. The van der Waals surface area contributed by atoms with Crippen LogP contribution in [0.3, 0.4) is 0 Å². The number of benzene rings is 4. The first-order valence-corrected chi connectivity index (χ1v) is 22.2. The molecule has 0 fully saturated rings. The second-order valence-electron chi connectivity index (χ2n) is 16.8. The van der Waals surface area contributed by atoms with Gasteiger partial charge in [-0.2, -0.15) is 34.8 Å². The first-order valence-electron chi connectivity index (χ1n) is 19.2. The molecule has 4 aromatic rings. The third-order valence-corrected chi connectivity index (χ3v) is 13.1. The Labute approximate surface area is 368 Å². The summed E-state index contributed by atoms with van der Waals surface area (Å²) in [5, 5.41) is 0. The van der Waals surface area contributed by atoms with Crippen LogP contribution < -0.4 is 14.2 Å². The average Bonchev–Trinajstić information content (AvgIpc) is 3.15. The molecular formula is C44H48F6O12S2. The largest absolute Gasteiger partial charge is 0.482 e. The van der Waals surface area contributed by atoms with Crippen LogP contribution in [-0.2, 0) is 54.7 Å². The van der Waals surface area contributed by atoms with Gasteiger partial charge >= 0.3 is 40.4 Å². The van der Waals surface area contributed by atoms with Crippen molar-refractivity contribution < 1.29 is 81.2 Å². The zero-order valence-electron chi connectivity index (χ0n) is 36.3. The number of hydrogen-bond acceptors (Lipinski definition) is 12. The van der Waals surface area contributed by atoms with Crippen LogP contribution in [0.25, 0.3) is 0 Å². The first kappa shape index (κ1) is 51.2. The Morgan fingerprint density at radius 2 is 0.906 bits per heavy atom. The zero-order valence-corrected chi connectivity index (χ0v) is 37.9. The summed E-state index contributed by atoms with van der Waals surface area (Å²) in [6, 6.07) is 16.4. The molecule has 64 heavy (non-hydrogen) atoms. The molecule has 12 nitrogen and oxygen atoms in total. The van der Waals surface area contributed by atoms with Crippen LogP contribution in [0.5, 0.6) is 17.2 Å². The lowest BCUT2D eigenvalue weighted by molar-refractivity contribution is -0.158. The van der Waals surface area contributed by atoms with E-state index >= 15 is 0 Å². The zero-order chi connectivity index (χ0) is 48.1. The van der Waals surface area contributed by atoms with Gasteiger partial charge < -0.3 is 28.4 Å². The Morgan fingerprint density at radius 1 is 0.516 bits per heavy atom. The van der Waals surface area contributed by atoms with E-state index < -0.39 is 120 Å². The predicted octanol–water partition coefficient (Wildman–Crippen LogP) is 10.5. The van der Waals surface area contributed by atoms with E-state index in [1.54, 1.807) is 62.3 Å². The number of ether oxygens (including phenoxy) is 6. The second-order valence-corrected chi connectivity index (χ2v) is 21.1. The topological polar surface area (TPSA) is 150 Å². The van der Waals surface area contributed by atoms with Gasteiger partial charge in [-0.3, -0.25) is 0 Å². The van der Waals surface area contributed by atoms with Gasteiger partial charge in [-0.1, -0.05) is 36.4 Å². The van der Waals surface area contributed by atoms with E-state index in [0.29, 0.717) is 0 Å². The molecule has 0 heterocycles. The highest BCUT2D eigenvalue weighted by molar-refractivity contribution is 8.33. The molecule has 0 unspecified atom stereocenters. The molecule has 0 amide bonds. The van der Waals surface area contributed by atoms with Crippen molar-refractivity contribution in [2.75, 3.05) is 19.8 Å². The summed E-state index contributed by atoms with van der Waals surface area (Å²) < 4.78 is 155. The Kier molecular flexibility index (Phi) is 15.5. The Balaban J connectivity index is 2.18. The van der Waals surface area contributed by atoms with Crippen LogP contribution in [0.15, 0.2) is 111 Å². The average molecular weight is 947 g/mol. The molecule has 0 aromatic heterocycles. The van der Waals surface area contributed by atoms with Crippen LogP contribution in [0.1, 0.15) is 73.4 Å². The molecule has 0 saturated heterocycles. The summed E-state index contributed by atoms with van der Waals surface area (Å²) in [6.07, 6.45) is -11.0.